The predicted octanol–water partition coefficient (Wildman–Crippen LogP) is 1.56. The first-order valence-corrected chi connectivity index (χ1v) is 7.72. The van der Waals surface area contributed by atoms with E-state index in [1.165, 1.54) is 0 Å². The van der Waals surface area contributed by atoms with Crippen molar-refractivity contribution < 1.29 is 8.42 Å². The molecule has 5 heteroatoms. The first-order chi connectivity index (χ1) is 8.05. The lowest BCUT2D eigenvalue weighted by Gasteiger charge is -2.12. The van der Waals surface area contributed by atoms with E-state index < -0.39 is 9.84 Å². The predicted molar refractivity (Wildman–Crippen MR) is 69.6 cm³/mol. The Labute approximate surface area is 103 Å². The number of pyridine rings is 1. The van der Waals surface area contributed by atoms with Crippen LogP contribution in [0.15, 0.2) is 24.4 Å². The molecular formula is C12H20N2O2S. The van der Waals surface area contributed by atoms with Gasteiger partial charge in [-0.3, -0.25) is 4.98 Å². The summed E-state index contributed by atoms with van der Waals surface area (Å²) in [6.07, 6.45) is 2.42. The maximum Gasteiger partial charge on any atom is 0.151 e. The van der Waals surface area contributed by atoms with E-state index in [0.29, 0.717) is 13.0 Å². The van der Waals surface area contributed by atoms with Crippen LogP contribution in [0.25, 0.3) is 0 Å². The Morgan fingerprint density at radius 1 is 1.35 bits per heavy atom. The van der Waals surface area contributed by atoms with Crippen molar-refractivity contribution >= 4 is 9.84 Å². The summed E-state index contributed by atoms with van der Waals surface area (Å²) < 4.78 is 23.0. The SMILES string of the molecule is CCCS(=O)(=O)CCN[C@H](C)c1ccccn1. The highest BCUT2D eigenvalue weighted by Gasteiger charge is 2.10. The molecule has 0 aliphatic heterocycles. The highest BCUT2D eigenvalue weighted by molar-refractivity contribution is 7.91. The van der Waals surface area contributed by atoms with E-state index in [4.69, 9.17) is 0 Å². The van der Waals surface area contributed by atoms with Gasteiger partial charge in [-0.15, -0.1) is 0 Å². The maximum atomic E-state index is 11.5. The lowest BCUT2D eigenvalue weighted by atomic mass is 10.2. The Morgan fingerprint density at radius 2 is 2.12 bits per heavy atom. The van der Waals surface area contributed by atoms with Crippen LogP contribution in [0.1, 0.15) is 32.0 Å². The van der Waals surface area contributed by atoms with Gasteiger partial charge in [-0.2, -0.15) is 0 Å². The van der Waals surface area contributed by atoms with Gasteiger partial charge in [0.1, 0.15) is 0 Å². The summed E-state index contributed by atoms with van der Waals surface area (Å²) in [6.45, 7) is 4.33. The van der Waals surface area contributed by atoms with E-state index in [9.17, 15) is 8.42 Å². The largest absolute Gasteiger partial charge is 0.308 e. The smallest absolute Gasteiger partial charge is 0.151 e. The fourth-order valence-electron chi connectivity index (χ4n) is 1.58. The van der Waals surface area contributed by atoms with Gasteiger partial charge >= 0.3 is 0 Å². The molecule has 96 valence electrons. The van der Waals surface area contributed by atoms with Gasteiger partial charge in [-0.05, 0) is 25.5 Å². The fraction of sp³-hybridized carbons (Fsp3) is 0.583. The Kier molecular flexibility index (Phi) is 5.58. The Morgan fingerprint density at radius 3 is 2.71 bits per heavy atom. The van der Waals surface area contributed by atoms with Crippen molar-refractivity contribution in [2.45, 2.75) is 26.3 Å². The summed E-state index contributed by atoms with van der Waals surface area (Å²) in [5.74, 6) is 0.463. The van der Waals surface area contributed by atoms with Gasteiger partial charge in [0, 0.05) is 24.5 Å². The molecular weight excluding hydrogens is 236 g/mol. The summed E-state index contributed by atoms with van der Waals surface area (Å²) in [5, 5.41) is 3.17. The molecule has 1 atom stereocenters. The van der Waals surface area contributed by atoms with Crippen molar-refractivity contribution in [3.8, 4) is 0 Å². The van der Waals surface area contributed by atoms with Crippen LogP contribution >= 0.6 is 0 Å². The van der Waals surface area contributed by atoms with Gasteiger partial charge in [0.25, 0.3) is 0 Å². The first-order valence-electron chi connectivity index (χ1n) is 5.90. The van der Waals surface area contributed by atoms with E-state index in [1.807, 2.05) is 32.0 Å². The molecule has 0 aromatic carbocycles. The van der Waals surface area contributed by atoms with Gasteiger partial charge in [0.2, 0.25) is 0 Å². The molecule has 0 fully saturated rings. The van der Waals surface area contributed by atoms with Crippen LogP contribution in [-0.2, 0) is 9.84 Å². The zero-order valence-electron chi connectivity index (χ0n) is 10.4. The van der Waals surface area contributed by atoms with Crippen LogP contribution in [0.5, 0.6) is 0 Å². The molecule has 4 nitrogen and oxygen atoms in total. The minimum atomic E-state index is -2.89. The zero-order chi connectivity index (χ0) is 12.7. The first kappa shape index (κ1) is 14.1. The average molecular weight is 256 g/mol. The molecule has 0 spiro atoms. The van der Waals surface area contributed by atoms with E-state index in [2.05, 4.69) is 10.3 Å². The third kappa shape index (κ3) is 5.28. The molecule has 1 aromatic heterocycles. The molecule has 0 amide bonds. The normalized spacial score (nSPS) is 13.5. The standard InChI is InChI=1S/C12H20N2O2S/c1-3-9-17(15,16)10-8-13-11(2)12-6-4-5-7-14-12/h4-7,11,13H,3,8-10H2,1-2H3/t11-/m1/s1. The molecule has 17 heavy (non-hydrogen) atoms. The Balaban J connectivity index is 2.37. The van der Waals surface area contributed by atoms with Gasteiger partial charge in [-0.25, -0.2) is 8.42 Å². The van der Waals surface area contributed by atoms with Crippen molar-refractivity contribution in [3.63, 3.8) is 0 Å². The van der Waals surface area contributed by atoms with Crippen LogP contribution in [0, 0.1) is 0 Å². The monoisotopic (exact) mass is 256 g/mol. The van der Waals surface area contributed by atoms with Crippen molar-refractivity contribution in [1.82, 2.24) is 10.3 Å². The molecule has 0 saturated heterocycles. The average Bonchev–Trinajstić information content (AvgIpc) is 2.29. The lowest BCUT2D eigenvalue weighted by Crippen LogP contribution is -2.27. The molecule has 0 bridgehead atoms. The van der Waals surface area contributed by atoms with Crippen LogP contribution in [0.2, 0.25) is 0 Å². The second-order valence-corrected chi connectivity index (χ2v) is 6.39. The van der Waals surface area contributed by atoms with Crippen molar-refractivity contribution in [3.05, 3.63) is 30.1 Å². The van der Waals surface area contributed by atoms with Gasteiger partial charge in [0.15, 0.2) is 9.84 Å². The minimum absolute atomic E-state index is 0.0769. The summed E-state index contributed by atoms with van der Waals surface area (Å²) in [7, 11) is -2.89. The molecule has 0 unspecified atom stereocenters. The summed E-state index contributed by atoms with van der Waals surface area (Å²) in [4.78, 5) is 4.22. The van der Waals surface area contributed by atoms with Crippen LogP contribution in [0.3, 0.4) is 0 Å². The third-order valence-electron chi connectivity index (χ3n) is 2.51. The number of nitrogens with one attached hydrogen (secondary N) is 1. The third-order valence-corrected chi connectivity index (χ3v) is 4.37. The van der Waals surface area contributed by atoms with Crippen LogP contribution < -0.4 is 5.32 Å². The van der Waals surface area contributed by atoms with E-state index in [1.54, 1.807) is 6.20 Å². The number of hydrogen-bond acceptors (Lipinski definition) is 4. The summed E-state index contributed by atoms with van der Waals surface area (Å²) in [6, 6.07) is 5.79. The van der Waals surface area contributed by atoms with E-state index in [0.717, 1.165) is 5.69 Å². The second-order valence-electron chi connectivity index (χ2n) is 4.08. The van der Waals surface area contributed by atoms with Gasteiger partial charge in [-0.1, -0.05) is 13.0 Å². The zero-order valence-corrected chi connectivity index (χ0v) is 11.2. The maximum absolute atomic E-state index is 11.5. The Bertz CT molecular complexity index is 417. The van der Waals surface area contributed by atoms with Gasteiger partial charge < -0.3 is 5.32 Å². The van der Waals surface area contributed by atoms with E-state index in [-0.39, 0.29) is 17.5 Å². The minimum Gasteiger partial charge on any atom is -0.308 e. The molecule has 1 aromatic rings. The highest BCUT2D eigenvalue weighted by atomic mass is 32.2. The molecule has 0 saturated carbocycles. The number of nitrogens with zero attached hydrogens (tertiary/aromatic N) is 1. The molecule has 0 radical (unpaired) electrons. The molecule has 0 aliphatic rings. The lowest BCUT2D eigenvalue weighted by molar-refractivity contribution is 0.564. The molecule has 1 rings (SSSR count). The van der Waals surface area contributed by atoms with E-state index >= 15 is 0 Å². The van der Waals surface area contributed by atoms with Gasteiger partial charge in [0.05, 0.1) is 11.4 Å². The number of hydrogen-bond donors (Lipinski definition) is 1. The number of aromatic nitrogens is 1. The van der Waals surface area contributed by atoms with Crippen LogP contribution in [-0.4, -0.2) is 31.5 Å². The quantitative estimate of drug-likeness (QED) is 0.804. The Hall–Kier alpha value is -0.940. The molecule has 0 aliphatic carbocycles. The summed E-state index contributed by atoms with van der Waals surface area (Å²) in [5.41, 5.74) is 0.931. The van der Waals surface area contributed by atoms with Crippen molar-refractivity contribution in [2.75, 3.05) is 18.1 Å². The topological polar surface area (TPSA) is 59.1 Å². The fourth-order valence-corrected chi connectivity index (χ4v) is 2.84. The second kappa shape index (κ2) is 6.71. The summed E-state index contributed by atoms with van der Waals surface area (Å²) >= 11 is 0. The molecule has 1 heterocycles. The molecule has 1 N–H and O–H groups in total. The van der Waals surface area contributed by atoms with Crippen molar-refractivity contribution in [2.24, 2.45) is 0 Å². The number of sulfone groups is 1. The highest BCUT2D eigenvalue weighted by Crippen LogP contribution is 2.07. The number of rotatable bonds is 7. The van der Waals surface area contributed by atoms with Crippen LogP contribution in [0.4, 0.5) is 0 Å². The van der Waals surface area contributed by atoms with Crippen molar-refractivity contribution in [1.29, 1.82) is 0 Å².